The lowest BCUT2D eigenvalue weighted by Crippen LogP contribution is -2.15. The Morgan fingerprint density at radius 2 is 1.13 bits per heavy atom. The van der Waals surface area contributed by atoms with Crippen LogP contribution in [0.1, 0.15) is 69.5 Å². The molecule has 240 valence electrons. The number of rotatable bonds is 5. The molecule has 0 fully saturated rings. The Bertz CT molecular complexity index is 2010. The van der Waals surface area contributed by atoms with Crippen LogP contribution in [-0.4, -0.2) is 4.57 Å². The van der Waals surface area contributed by atoms with E-state index in [0.717, 1.165) is 43.8 Å². The summed E-state index contributed by atoms with van der Waals surface area (Å²) in [4.78, 5) is 2.16. The minimum atomic E-state index is -0.299. The van der Waals surface area contributed by atoms with Crippen molar-refractivity contribution in [1.29, 1.82) is 0 Å². The van der Waals surface area contributed by atoms with Crippen molar-refractivity contribution in [3.63, 3.8) is 0 Å². The van der Waals surface area contributed by atoms with Crippen molar-refractivity contribution in [3.05, 3.63) is 141 Å². The summed E-state index contributed by atoms with van der Waals surface area (Å²) in [5.41, 5.74) is 12.9. The van der Waals surface area contributed by atoms with Gasteiger partial charge in [-0.15, -0.1) is 0 Å². The van der Waals surface area contributed by atoms with E-state index in [0.29, 0.717) is 0 Å². The average Bonchev–Trinajstić information content (AvgIpc) is 3.29. The third-order valence-corrected chi connectivity index (χ3v) is 10.1. The third kappa shape index (κ3) is 6.05. The van der Waals surface area contributed by atoms with E-state index in [1.807, 2.05) is 0 Å². The summed E-state index contributed by atoms with van der Waals surface area (Å²) in [5, 5.41) is 1.15. The summed E-state index contributed by atoms with van der Waals surface area (Å²) < 4.78 is 19.1. The Hall–Kier alpha value is -4.15. The first-order valence-corrected chi connectivity index (χ1v) is 17.1. The van der Waals surface area contributed by atoms with E-state index < -0.39 is 0 Å². The van der Waals surface area contributed by atoms with Gasteiger partial charge in [0, 0.05) is 28.0 Å². The number of halogens is 2. The molecule has 0 saturated heterocycles. The molecule has 4 heteroatoms. The van der Waals surface area contributed by atoms with Gasteiger partial charge in [-0.3, -0.25) is 0 Å². The molecule has 0 saturated carbocycles. The lowest BCUT2D eigenvalue weighted by atomic mass is 9.86. The smallest absolute Gasteiger partial charge is 0.127 e. The van der Waals surface area contributed by atoms with Crippen LogP contribution in [0.15, 0.2) is 108 Å². The van der Waals surface area contributed by atoms with Crippen LogP contribution in [0.25, 0.3) is 27.7 Å². The molecule has 0 amide bonds. The number of benzene rings is 5. The summed E-state index contributed by atoms with van der Waals surface area (Å²) in [6, 6.07) is 35.5. The number of hydrogen-bond acceptors (Lipinski definition) is 1. The van der Waals surface area contributed by atoms with Gasteiger partial charge in [-0.25, -0.2) is 4.39 Å². The fraction of sp³-hybridized carbons (Fsp3) is 0.256. The molecule has 6 rings (SSSR count). The summed E-state index contributed by atoms with van der Waals surface area (Å²) in [6.45, 7) is 19.8. The van der Waals surface area contributed by atoms with Gasteiger partial charge in [-0.05, 0) is 118 Å². The van der Waals surface area contributed by atoms with Crippen molar-refractivity contribution in [2.75, 3.05) is 4.90 Å². The summed E-state index contributed by atoms with van der Waals surface area (Å²) >= 11 is 4.03. The maximum atomic E-state index is 16.1. The third-order valence-electron chi connectivity index (χ3n) is 9.31. The van der Waals surface area contributed by atoms with Gasteiger partial charge < -0.3 is 9.47 Å². The van der Waals surface area contributed by atoms with E-state index in [1.54, 1.807) is 12.1 Å². The minimum Gasteiger partial charge on any atom is -0.312 e. The van der Waals surface area contributed by atoms with E-state index in [9.17, 15) is 0 Å². The van der Waals surface area contributed by atoms with Crippen molar-refractivity contribution in [3.8, 4) is 16.8 Å². The number of nitrogens with zero attached hydrogens (tertiary/aromatic N) is 2. The first kappa shape index (κ1) is 32.8. The SMILES string of the molecule is Cc1cccc(C)c1-c1c(C)n(-c2cc(F)cc(N(c3ccc(C(C)(C)C)cc3)c3ccc(C(C)(C)C)cc3)c2Br)c2ccccc12. The minimum absolute atomic E-state index is 0.0184. The van der Waals surface area contributed by atoms with Crippen molar-refractivity contribution in [1.82, 2.24) is 4.57 Å². The van der Waals surface area contributed by atoms with Gasteiger partial charge in [0.15, 0.2) is 0 Å². The van der Waals surface area contributed by atoms with Gasteiger partial charge in [0.1, 0.15) is 5.82 Å². The average molecular weight is 688 g/mol. The van der Waals surface area contributed by atoms with Crippen molar-refractivity contribution in [2.24, 2.45) is 0 Å². The van der Waals surface area contributed by atoms with Crippen molar-refractivity contribution >= 4 is 43.9 Å². The van der Waals surface area contributed by atoms with Crippen LogP contribution >= 0.6 is 15.9 Å². The maximum absolute atomic E-state index is 16.1. The molecule has 1 heterocycles. The van der Waals surface area contributed by atoms with E-state index in [2.05, 4.69) is 179 Å². The molecule has 0 aliphatic heterocycles. The van der Waals surface area contributed by atoms with E-state index in [-0.39, 0.29) is 16.6 Å². The molecule has 0 spiro atoms. The molecule has 2 nitrogen and oxygen atoms in total. The normalized spacial score (nSPS) is 12.1. The maximum Gasteiger partial charge on any atom is 0.127 e. The monoisotopic (exact) mass is 686 g/mol. The van der Waals surface area contributed by atoms with Crippen LogP contribution in [0.4, 0.5) is 21.5 Å². The van der Waals surface area contributed by atoms with Gasteiger partial charge >= 0.3 is 0 Å². The van der Waals surface area contributed by atoms with Gasteiger partial charge in [0.2, 0.25) is 0 Å². The lowest BCUT2D eigenvalue weighted by molar-refractivity contribution is 0.590. The predicted octanol–water partition coefficient (Wildman–Crippen LogP) is 13.2. The molecule has 0 N–H and O–H groups in total. The Labute approximate surface area is 288 Å². The zero-order chi connectivity index (χ0) is 33.8. The molecule has 1 aromatic heterocycles. The topological polar surface area (TPSA) is 8.17 Å². The second-order valence-corrected chi connectivity index (χ2v) is 15.6. The molecule has 47 heavy (non-hydrogen) atoms. The molecule has 6 aromatic rings. The van der Waals surface area contributed by atoms with Crippen LogP contribution in [0, 0.1) is 26.6 Å². The summed E-state index contributed by atoms with van der Waals surface area (Å²) in [5.74, 6) is -0.299. The number of anilines is 3. The van der Waals surface area contributed by atoms with Gasteiger partial charge in [-0.2, -0.15) is 0 Å². The zero-order valence-corrected chi connectivity index (χ0v) is 30.6. The van der Waals surface area contributed by atoms with Gasteiger partial charge in [0.05, 0.1) is 21.4 Å². The van der Waals surface area contributed by atoms with Crippen LogP contribution in [0.5, 0.6) is 0 Å². The molecule has 0 aliphatic carbocycles. The quantitative estimate of drug-likeness (QED) is 0.175. The zero-order valence-electron chi connectivity index (χ0n) is 29.0. The Morgan fingerprint density at radius 3 is 1.64 bits per heavy atom. The Balaban J connectivity index is 1.61. The predicted molar refractivity (Wildman–Crippen MR) is 203 cm³/mol. The fourth-order valence-corrected chi connectivity index (χ4v) is 7.32. The molecule has 0 atom stereocenters. The molecular weight excluding hydrogens is 643 g/mol. The van der Waals surface area contributed by atoms with Crippen molar-refractivity contribution in [2.45, 2.75) is 73.1 Å². The van der Waals surface area contributed by atoms with Gasteiger partial charge in [-0.1, -0.05) is 102 Å². The fourth-order valence-electron chi connectivity index (χ4n) is 6.74. The van der Waals surface area contributed by atoms with E-state index >= 15 is 4.39 Å². The number of aryl methyl sites for hydroxylation is 2. The molecule has 0 unspecified atom stereocenters. The second-order valence-electron chi connectivity index (χ2n) is 14.8. The van der Waals surface area contributed by atoms with Gasteiger partial charge in [0.25, 0.3) is 0 Å². The van der Waals surface area contributed by atoms with Crippen LogP contribution in [-0.2, 0) is 10.8 Å². The Kier molecular flexibility index (Phi) is 8.47. The standard InChI is InChI=1S/C43H44BrFN2/c1-27-13-12-14-28(2)39(27)40-29(3)46(36-16-11-10-15-35(36)40)37-25-32(45)26-38(41(37)44)47(33-21-17-30(18-22-33)42(4,5)6)34-23-19-31(20-24-34)43(7,8)9/h10-26H,1-9H3. The highest BCUT2D eigenvalue weighted by atomic mass is 79.9. The highest BCUT2D eigenvalue weighted by molar-refractivity contribution is 9.10. The lowest BCUT2D eigenvalue weighted by Gasteiger charge is -2.29. The number of aromatic nitrogens is 1. The first-order chi connectivity index (χ1) is 22.2. The largest absolute Gasteiger partial charge is 0.312 e. The highest BCUT2D eigenvalue weighted by Crippen LogP contribution is 2.46. The van der Waals surface area contributed by atoms with E-state index in [1.165, 1.54) is 33.4 Å². The number of hydrogen-bond donors (Lipinski definition) is 0. The van der Waals surface area contributed by atoms with E-state index in [4.69, 9.17) is 0 Å². The highest BCUT2D eigenvalue weighted by Gasteiger charge is 2.25. The number of fused-ring (bicyclic) bond motifs is 1. The van der Waals surface area contributed by atoms with Crippen LogP contribution < -0.4 is 4.90 Å². The first-order valence-electron chi connectivity index (χ1n) is 16.3. The van der Waals surface area contributed by atoms with Crippen LogP contribution in [0.2, 0.25) is 0 Å². The molecule has 0 aliphatic rings. The molecule has 5 aromatic carbocycles. The van der Waals surface area contributed by atoms with Crippen LogP contribution in [0.3, 0.4) is 0 Å². The molecule has 0 bridgehead atoms. The molecule has 0 radical (unpaired) electrons. The Morgan fingerprint density at radius 1 is 0.617 bits per heavy atom. The number of para-hydroxylation sites is 1. The summed E-state index contributed by atoms with van der Waals surface area (Å²) in [6.07, 6.45) is 0. The second kappa shape index (κ2) is 12.1. The summed E-state index contributed by atoms with van der Waals surface area (Å²) in [7, 11) is 0. The van der Waals surface area contributed by atoms with Crippen molar-refractivity contribution < 1.29 is 4.39 Å². The molecular formula is C43H44BrFN2.